The van der Waals surface area contributed by atoms with Crippen molar-refractivity contribution in [3.63, 3.8) is 0 Å². The number of aryl methyl sites for hydroxylation is 1. The molecule has 0 aliphatic carbocycles. The predicted molar refractivity (Wildman–Crippen MR) is 127 cm³/mol. The highest BCUT2D eigenvalue weighted by molar-refractivity contribution is 6.04. The number of carbonyl (C=O) groups is 1. The average molecular weight is 443 g/mol. The SMILES string of the molecule is COc1ccc(Nc2cc(C)nc(Nc3ccc(NC(=O)c4ccccc4F)cc3)n2)cc1. The number of nitrogens with one attached hydrogen (secondary N) is 3. The molecule has 1 amide bonds. The zero-order chi connectivity index (χ0) is 23.2. The van der Waals surface area contributed by atoms with Gasteiger partial charge in [0.2, 0.25) is 5.95 Å². The molecule has 0 unspecified atom stereocenters. The van der Waals surface area contributed by atoms with E-state index in [1.54, 1.807) is 37.4 Å². The second-order valence-corrected chi connectivity index (χ2v) is 7.21. The molecule has 7 nitrogen and oxygen atoms in total. The largest absolute Gasteiger partial charge is 0.497 e. The van der Waals surface area contributed by atoms with E-state index < -0.39 is 11.7 Å². The molecule has 166 valence electrons. The molecule has 0 fully saturated rings. The van der Waals surface area contributed by atoms with Crippen LogP contribution in [-0.4, -0.2) is 23.0 Å². The molecule has 0 aliphatic heterocycles. The third kappa shape index (κ3) is 5.62. The van der Waals surface area contributed by atoms with Crippen LogP contribution in [0.5, 0.6) is 5.75 Å². The molecule has 0 saturated heterocycles. The Morgan fingerprint density at radius 1 is 0.848 bits per heavy atom. The minimum Gasteiger partial charge on any atom is -0.497 e. The van der Waals surface area contributed by atoms with Crippen LogP contribution in [0.1, 0.15) is 16.1 Å². The molecule has 8 heteroatoms. The first-order valence-electron chi connectivity index (χ1n) is 10.2. The number of methoxy groups -OCH3 is 1. The highest BCUT2D eigenvalue weighted by atomic mass is 19.1. The number of amides is 1. The van der Waals surface area contributed by atoms with Gasteiger partial charge < -0.3 is 20.7 Å². The van der Waals surface area contributed by atoms with Crippen molar-refractivity contribution >= 4 is 34.7 Å². The minimum atomic E-state index is -0.566. The molecule has 0 saturated carbocycles. The fraction of sp³-hybridized carbons (Fsp3) is 0.0800. The van der Waals surface area contributed by atoms with E-state index in [0.29, 0.717) is 17.5 Å². The van der Waals surface area contributed by atoms with E-state index in [9.17, 15) is 9.18 Å². The summed E-state index contributed by atoms with van der Waals surface area (Å²) in [6.45, 7) is 1.88. The average Bonchev–Trinajstić information content (AvgIpc) is 2.81. The Balaban J connectivity index is 1.43. The third-order valence-corrected chi connectivity index (χ3v) is 4.73. The zero-order valence-electron chi connectivity index (χ0n) is 18.1. The van der Waals surface area contributed by atoms with Gasteiger partial charge in [-0.15, -0.1) is 0 Å². The summed E-state index contributed by atoms with van der Waals surface area (Å²) in [6, 6.07) is 22.2. The molecule has 4 aromatic rings. The topological polar surface area (TPSA) is 88.2 Å². The molecule has 0 aliphatic rings. The second-order valence-electron chi connectivity index (χ2n) is 7.21. The Labute approximate surface area is 190 Å². The fourth-order valence-electron chi connectivity index (χ4n) is 3.12. The van der Waals surface area contributed by atoms with Crippen LogP contribution >= 0.6 is 0 Å². The Morgan fingerprint density at radius 2 is 1.48 bits per heavy atom. The summed E-state index contributed by atoms with van der Waals surface area (Å²) >= 11 is 0. The van der Waals surface area contributed by atoms with Gasteiger partial charge in [-0.1, -0.05) is 12.1 Å². The van der Waals surface area contributed by atoms with E-state index in [4.69, 9.17) is 4.74 Å². The minimum absolute atomic E-state index is 0.00949. The molecular weight excluding hydrogens is 421 g/mol. The number of nitrogens with zero attached hydrogens (tertiary/aromatic N) is 2. The van der Waals surface area contributed by atoms with E-state index in [1.165, 1.54) is 18.2 Å². The van der Waals surface area contributed by atoms with Crippen molar-refractivity contribution in [3.8, 4) is 5.75 Å². The van der Waals surface area contributed by atoms with Crippen LogP contribution in [0, 0.1) is 12.7 Å². The summed E-state index contributed by atoms with van der Waals surface area (Å²) in [5.41, 5.74) is 2.93. The highest BCUT2D eigenvalue weighted by Gasteiger charge is 2.11. The molecule has 0 spiro atoms. The number of ether oxygens (including phenoxy) is 1. The number of anilines is 5. The van der Waals surface area contributed by atoms with Crippen LogP contribution in [0.15, 0.2) is 78.9 Å². The van der Waals surface area contributed by atoms with Crippen LogP contribution in [0.2, 0.25) is 0 Å². The van der Waals surface area contributed by atoms with Crippen LogP contribution in [0.4, 0.5) is 33.2 Å². The van der Waals surface area contributed by atoms with Gasteiger partial charge in [0.1, 0.15) is 17.4 Å². The van der Waals surface area contributed by atoms with Gasteiger partial charge in [-0.05, 0) is 67.6 Å². The number of hydrogen-bond acceptors (Lipinski definition) is 6. The first kappa shape index (κ1) is 21.8. The highest BCUT2D eigenvalue weighted by Crippen LogP contribution is 2.22. The predicted octanol–water partition coefficient (Wildman–Crippen LogP) is 5.67. The van der Waals surface area contributed by atoms with Crippen molar-refractivity contribution in [3.05, 3.63) is 95.9 Å². The molecular formula is C25H22FN5O2. The van der Waals surface area contributed by atoms with Gasteiger partial charge in [0.25, 0.3) is 5.91 Å². The standard InChI is InChI=1S/C25H22FN5O2/c1-16-15-23(28-17-11-13-20(33-2)14-12-17)31-25(27-16)30-19-9-7-18(8-10-19)29-24(32)21-5-3-4-6-22(21)26/h3-15H,1-2H3,(H,29,32)(H2,27,28,30,31). The lowest BCUT2D eigenvalue weighted by molar-refractivity contribution is 0.102. The van der Waals surface area contributed by atoms with Gasteiger partial charge in [0, 0.05) is 28.8 Å². The molecule has 0 bridgehead atoms. The molecule has 3 aromatic carbocycles. The number of rotatable bonds is 7. The van der Waals surface area contributed by atoms with Crippen LogP contribution < -0.4 is 20.7 Å². The lowest BCUT2D eigenvalue weighted by Crippen LogP contribution is -2.13. The van der Waals surface area contributed by atoms with E-state index in [2.05, 4.69) is 25.9 Å². The summed E-state index contributed by atoms with van der Waals surface area (Å²) in [5, 5.41) is 9.09. The van der Waals surface area contributed by atoms with Crippen LogP contribution in [0.25, 0.3) is 0 Å². The van der Waals surface area contributed by atoms with Gasteiger partial charge in [-0.25, -0.2) is 9.37 Å². The fourth-order valence-corrected chi connectivity index (χ4v) is 3.12. The van der Waals surface area contributed by atoms with Gasteiger partial charge in [-0.3, -0.25) is 4.79 Å². The summed E-state index contributed by atoms with van der Waals surface area (Å²) < 4.78 is 19.0. The van der Waals surface area contributed by atoms with E-state index in [1.807, 2.05) is 37.3 Å². The summed E-state index contributed by atoms with van der Waals surface area (Å²) in [4.78, 5) is 21.2. The summed E-state index contributed by atoms with van der Waals surface area (Å²) in [5.74, 6) is 0.766. The van der Waals surface area contributed by atoms with Gasteiger partial charge in [0.05, 0.1) is 12.7 Å². The molecule has 4 rings (SSSR count). The Morgan fingerprint density at radius 3 is 2.18 bits per heavy atom. The van der Waals surface area contributed by atoms with E-state index >= 15 is 0 Å². The van der Waals surface area contributed by atoms with Crippen molar-refractivity contribution in [1.29, 1.82) is 0 Å². The maximum Gasteiger partial charge on any atom is 0.258 e. The Kier molecular flexibility index (Phi) is 6.45. The van der Waals surface area contributed by atoms with Crippen molar-refractivity contribution < 1.29 is 13.9 Å². The van der Waals surface area contributed by atoms with Crippen molar-refractivity contribution in [1.82, 2.24) is 9.97 Å². The van der Waals surface area contributed by atoms with E-state index in [0.717, 1.165) is 22.8 Å². The number of aromatic nitrogens is 2. The molecule has 3 N–H and O–H groups in total. The Hall–Kier alpha value is -4.46. The Bertz CT molecular complexity index is 1260. The second kappa shape index (κ2) is 9.78. The molecule has 1 aromatic heterocycles. The lowest BCUT2D eigenvalue weighted by atomic mass is 10.2. The summed E-state index contributed by atoms with van der Waals surface area (Å²) in [6.07, 6.45) is 0. The molecule has 0 atom stereocenters. The van der Waals surface area contributed by atoms with Crippen molar-refractivity contribution in [2.45, 2.75) is 6.92 Å². The van der Waals surface area contributed by atoms with Gasteiger partial charge >= 0.3 is 0 Å². The summed E-state index contributed by atoms with van der Waals surface area (Å²) in [7, 11) is 1.62. The first-order valence-corrected chi connectivity index (χ1v) is 10.2. The third-order valence-electron chi connectivity index (χ3n) is 4.73. The van der Waals surface area contributed by atoms with Crippen LogP contribution in [0.3, 0.4) is 0 Å². The smallest absolute Gasteiger partial charge is 0.258 e. The first-order chi connectivity index (χ1) is 16.0. The number of benzene rings is 3. The van der Waals surface area contributed by atoms with Crippen molar-refractivity contribution in [2.24, 2.45) is 0 Å². The molecule has 1 heterocycles. The normalized spacial score (nSPS) is 10.4. The van der Waals surface area contributed by atoms with Crippen LogP contribution in [-0.2, 0) is 0 Å². The van der Waals surface area contributed by atoms with E-state index in [-0.39, 0.29) is 5.56 Å². The maximum atomic E-state index is 13.8. The number of carbonyl (C=O) groups excluding carboxylic acids is 1. The maximum absolute atomic E-state index is 13.8. The lowest BCUT2D eigenvalue weighted by Gasteiger charge is -2.11. The number of hydrogen-bond donors (Lipinski definition) is 3. The molecule has 0 radical (unpaired) electrons. The van der Waals surface area contributed by atoms with Crippen molar-refractivity contribution in [2.75, 3.05) is 23.1 Å². The monoisotopic (exact) mass is 443 g/mol. The quantitative estimate of drug-likeness (QED) is 0.341. The number of halogens is 1. The zero-order valence-corrected chi connectivity index (χ0v) is 18.1. The van der Waals surface area contributed by atoms with Gasteiger partial charge in [-0.2, -0.15) is 4.98 Å². The van der Waals surface area contributed by atoms with Gasteiger partial charge in [0.15, 0.2) is 0 Å². The molecule has 33 heavy (non-hydrogen) atoms.